The molecular formula is C36H40FNO. The molecule has 202 valence electrons. The molecule has 2 fully saturated rings. The summed E-state index contributed by atoms with van der Waals surface area (Å²) in [6, 6.07) is 25.5. The van der Waals surface area contributed by atoms with Gasteiger partial charge in [-0.25, -0.2) is 4.39 Å². The zero-order valence-corrected chi connectivity index (χ0v) is 22.9. The van der Waals surface area contributed by atoms with Crippen LogP contribution in [0.5, 0.6) is 0 Å². The number of halogens is 1. The number of aryl methyl sites for hydroxylation is 1. The number of Topliss-reactive ketones (excluding diaryl/α,β-unsaturated/α-hetero) is 1. The molecule has 1 aromatic heterocycles. The van der Waals surface area contributed by atoms with Gasteiger partial charge in [-0.1, -0.05) is 55.3 Å². The lowest BCUT2D eigenvalue weighted by molar-refractivity contribution is 0.0976. The molecule has 3 heteroatoms. The Hall–Kier alpha value is -3.20. The fraction of sp³-hybridized carbons (Fsp3) is 0.417. The Labute approximate surface area is 232 Å². The first-order valence-electron chi connectivity index (χ1n) is 15.1. The zero-order chi connectivity index (χ0) is 26.6. The number of nitrogens with zero attached hydrogens (tertiary/aromatic N) is 1. The van der Waals surface area contributed by atoms with Crippen LogP contribution in [0.15, 0.2) is 85.1 Å². The van der Waals surface area contributed by atoms with Crippen molar-refractivity contribution < 1.29 is 9.18 Å². The van der Waals surface area contributed by atoms with Gasteiger partial charge in [-0.15, -0.1) is 0 Å². The Morgan fingerprint density at radius 1 is 0.821 bits per heavy atom. The normalized spacial score (nSPS) is 22.4. The fourth-order valence-corrected chi connectivity index (χ4v) is 7.66. The number of rotatable bonds is 11. The minimum absolute atomic E-state index is 0.228. The third-order valence-corrected chi connectivity index (χ3v) is 9.62. The van der Waals surface area contributed by atoms with Crippen LogP contribution in [0, 0.1) is 29.5 Å². The Bertz CT molecular complexity index is 1370. The maximum absolute atomic E-state index is 13.4. The summed E-state index contributed by atoms with van der Waals surface area (Å²) in [7, 11) is 0. The molecule has 2 bridgehead atoms. The summed E-state index contributed by atoms with van der Waals surface area (Å²) in [5.74, 6) is 3.68. The molecule has 2 saturated carbocycles. The molecule has 2 aliphatic rings. The quantitative estimate of drug-likeness (QED) is 0.142. The van der Waals surface area contributed by atoms with Crippen molar-refractivity contribution in [2.45, 2.75) is 70.6 Å². The van der Waals surface area contributed by atoms with Crippen molar-refractivity contribution in [2.24, 2.45) is 23.7 Å². The summed E-state index contributed by atoms with van der Waals surface area (Å²) >= 11 is 0. The number of hydrogen-bond donors (Lipinski definition) is 0. The van der Waals surface area contributed by atoms with Crippen molar-refractivity contribution in [2.75, 3.05) is 0 Å². The number of aromatic nitrogens is 1. The average molecular weight is 522 g/mol. The second kappa shape index (κ2) is 11.9. The highest BCUT2D eigenvalue weighted by molar-refractivity contribution is 5.99. The molecule has 0 radical (unpaired) electrons. The van der Waals surface area contributed by atoms with E-state index in [1.54, 1.807) is 12.1 Å². The van der Waals surface area contributed by atoms with Crippen LogP contribution in [-0.4, -0.2) is 10.4 Å². The lowest BCUT2D eigenvalue weighted by Crippen LogP contribution is -2.26. The van der Waals surface area contributed by atoms with Crippen molar-refractivity contribution in [3.8, 4) is 5.69 Å². The van der Waals surface area contributed by atoms with Gasteiger partial charge < -0.3 is 4.57 Å². The van der Waals surface area contributed by atoms with Gasteiger partial charge >= 0.3 is 0 Å². The number of carbonyl (C=O) groups is 1. The number of carbonyl (C=O) groups excluding carboxylic acids is 1. The van der Waals surface area contributed by atoms with Gasteiger partial charge in [-0.05, 0) is 122 Å². The van der Waals surface area contributed by atoms with Crippen molar-refractivity contribution in [3.63, 3.8) is 0 Å². The van der Waals surface area contributed by atoms with Gasteiger partial charge in [-0.2, -0.15) is 0 Å². The van der Waals surface area contributed by atoms with Gasteiger partial charge in [0.25, 0.3) is 0 Å². The molecule has 2 aliphatic carbocycles. The van der Waals surface area contributed by atoms with Crippen LogP contribution in [0.3, 0.4) is 0 Å². The highest BCUT2D eigenvalue weighted by Gasteiger charge is 2.41. The lowest BCUT2D eigenvalue weighted by Gasteiger charge is -2.35. The molecule has 39 heavy (non-hydrogen) atoms. The molecule has 3 aromatic carbocycles. The van der Waals surface area contributed by atoms with Crippen molar-refractivity contribution in [1.82, 2.24) is 4.57 Å². The summed E-state index contributed by atoms with van der Waals surface area (Å²) in [4.78, 5) is 13.1. The molecule has 2 nitrogen and oxygen atoms in total. The zero-order valence-electron chi connectivity index (χ0n) is 22.9. The maximum Gasteiger partial charge on any atom is 0.162 e. The van der Waals surface area contributed by atoms with Crippen LogP contribution < -0.4 is 0 Å². The van der Waals surface area contributed by atoms with E-state index in [0.717, 1.165) is 58.7 Å². The average Bonchev–Trinajstić information content (AvgIpc) is 3.48. The van der Waals surface area contributed by atoms with E-state index in [1.807, 2.05) is 35.0 Å². The molecule has 0 N–H and O–H groups in total. The molecule has 4 aromatic rings. The number of ketones is 1. The third kappa shape index (κ3) is 6.03. The van der Waals surface area contributed by atoms with Crippen molar-refractivity contribution >= 4 is 16.7 Å². The molecule has 4 atom stereocenters. The first-order valence-corrected chi connectivity index (χ1v) is 15.1. The van der Waals surface area contributed by atoms with Crippen LogP contribution in [0.1, 0.15) is 80.1 Å². The van der Waals surface area contributed by atoms with Crippen LogP contribution in [-0.2, 0) is 6.42 Å². The summed E-state index contributed by atoms with van der Waals surface area (Å²) in [6.07, 6.45) is 15.7. The van der Waals surface area contributed by atoms with E-state index < -0.39 is 0 Å². The predicted molar refractivity (Wildman–Crippen MR) is 158 cm³/mol. The Kier molecular flexibility index (Phi) is 7.95. The summed E-state index contributed by atoms with van der Waals surface area (Å²) in [6.45, 7) is 0. The Morgan fingerprint density at radius 2 is 1.59 bits per heavy atom. The monoisotopic (exact) mass is 521 g/mol. The second-order valence-corrected chi connectivity index (χ2v) is 12.1. The summed E-state index contributed by atoms with van der Waals surface area (Å²) in [5.41, 5.74) is 4.15. The molecule has 2 unspecified atom stereocenters. The van der Waals surface area contributed by atoms with Crippen LogP contribution >= 0.6 is 0 Å². The van der Waals surface area contributed by atoms with Gasteiger partial charge in [0.05, 0.1) is 5.52 Å². The highest BCUT2D eigenvalue weighted by atomic mass is 19.1. The number of unbranched alkanes of at least 4 members (excludes halogenated alkanes) is 1. The Morgan fingerprint density at radius 3 is 2.36 bits per heavy atom. The SMILES string of the molecule is O=C(CCCCC1C[C@H]2CC[C@@H](C1)C2CCCc1ccccc1)c1ccc2ccn(-c3ccc(F)cc3)c2c1. The van der Waals surface area contributed by atoms with Gasteiger partial charge in [0, 0.05) is 23.9 Å². The lowest BCUT2D eigenvalue weighted by atomic mass is 9.70. The van der Waals surface area contributed by atoms with E-state index in [2.05, 4.69) is 30.3 Å². The van der Waals surface area contributed by atoms with Crippen LogP contribution in [0.25, 0.3) is 16.6 Å². The standard InChI is InChI=1S/C36H40FNO/c37-32-17-19-33(20-18-32)38-22-21-28-13-16-31(25-35(28)38)36(39)12-5-4-9-27-23-29-14-15-30(24-27)34(29)11-6-10-26-7-2-1-3-8-26/h1-3,7-8,13,16-22,25,27,29-30,34H,4-6,9-12,14-15,23-24H2/t27?,29-,30+,34?. The predicted octanol–water partition coefficient (Wildman–Crippen LogP) is 9.59. The smallest absolute Gasteiger partial charge is 0.162 e. The van der Waals surface area contributed by atoms with Crippen molar-refractivity contribution in [1.29, 1.82) is 0 Å². The molecule has 0 spiro atoms. The minimum atomic E-state index is -0.245. The van der Waals surface area contributed by atoms with Gasteiger partial charge in [0.15, 0.2) is 5.78 Å². The van der Waals surface area contributed by atoms with E-state index in [-0.39, 0.29) is 11.6 Å². The second-order valence-electron chi connectivity index (χ2n) is 12.1. The van der Waals surface area contributed by atoms with E-state index >= 15 is 0 Å². The number of benzene rings is 3. The molecule has 0 amide bonds. The number of hydrogen-bond acceptors (Lipinski definition) is 1. The molecule has 0 saturated heterocycles. The molecular weight excluding hydrogens is 481 g/mol. The minimum Gasteiger partial charge on any atom is -0.317 e. The molecule has 6 rings (SSSR count). The first kappa shape index (κ1) is 26.0. The van der Waals surface area contributed by atoms with Crippen LogP contribution in [0.2, 0.25) is 0 Å². The van der Waals surface area contributed by atoms with Crippen LogP contribution in [0.4, 0.5) is 4.39 Å². The number of fused-ring (bicyclic) bond motifs is 3. The highest BCUT2D eigenvalue weighted by Crippen LogP contribution is 2.51. The van der Waals surface area contributed by atoms with Gasteiger partial charge in [0.2, 0.25) is 0 Å². The fourth-order valence-electron chi connectivity index (χ4n) is 7.66. The van der Waals surface area contributed by atoms with Gasteiger partial charge in [0.1, 0.15) is 5.82 Å². The maximum atomic E-state index is 13.4. The summed E-state index contributed by atoms with van der Waals surface area (Å²) in [5, 5.41) is 1.08. The first-order chi connectivity index (χ1) is 19.1. The van der Waals surface area contributed by atoms with Gasteiger partial charge in [-0.3, -0.25) is 4.79 Å². The Balaban J connectivity index is 0.966. The topological polar surface area (TPSA) is 22.0 Å². The van der Waals surface area contributed by atoms with E-state index in [0.29, 0.717) is 6.42 Å². The third-order valence-electron chi connectivity index (χ3n) is 9.62. The van der Waals surface area contributed by atoms with E-state index in [9.17, 15) is 9.18 Å². The van der Waals surface area contributed by atoms with E-state index in [4.69, 9.17) is 0 Å². The van der Waals surface area contributed by atoms with E-state index in [1.165, 1.54) is 69.1 Å². The molecule has 0 aliphatic heterocycles. The largest absolute Gasteiger partial charge is 0.317 e. The summed E-state index contributed by atoms with van der Waals surface area (Å²) < 4.78 is 15.4. The van der Waals surface area contributed by atoms with Crippen molar-refractivity contribution in [3.05, 3.63) is 102 Å². The molecule has 1 heterocycles.